The first-order valence-corrected chi connectivity index (χ1v) is 4.61. The van der Waals surface area contributed by atoms with Crippen LogP contribution in [0, 0.1) is 13.8 Å². The van der Waals surface area contributed by atoms with E-state index in [4.69, 9.17) is 10.5 Å². The van der Waals surface area contributed by atoms with Gasteiger partial charge in [-0.25, -0.2) is 0 Å². The highest BCUT2D eigenvalue weighted by atomic mass is 16.5. The van der Waals surface area contributed by atoms with Gasteiger partial charge in [-0.3, -0.25) is 0 Å². The Labute approximate surface area is 84.5 Å². The lowest BCUT2D eigenvalue weighted by Gasteiger charge is -2.16. The van der Waals surface area contributed by atoms with Gasteiger partial charge in [0.05, 0.1) is 7.11 Å². The number of phenolic OH excluding ortho intramolecular Hbond substituents is 1. The Bertz CT molecular complexity index is 346. The molecule has 0 aromatic heterocycles. The number of hydrogen-bond acceptors (Lipinski definition) is 3. The number of rotatable bonds is 2. The van der Waals surface area contributed by atoms with Crippen LogP contribution in [0.2, 0.25) is 0 Å². The van der Waals surface area contributed by atoms with E-state index >= 15 is 0 Å². The van der Waals surface area contributed by atoms with Gasteiger partial charge in [0.25, 0.3) is 0 Å². The normalized spacial score (nSPS) is 12.6. The molecule has 3 nitrogen and oxygen atoms in total. The van der Waals surface area contributed by atoms with Gasteiger partial charge >= 0.3 is 0 Å². The average Bonchev–Trinajstić information content (AvgIpc) is 2.13. The Morgan fingerprint density at radius 3 is 2.43 bits per heavy atom. The second-order valence-electron chi connectivity index (χ2n) is 3.58. The third kappa shape index (κ3) is 1.68. The van der Waals surface area contributed by atoms with E-state index in [1.54, 1.807) is 7.11 Å². The standard InChI is InChI=1S/C11H17NO2/c1-6-5-9(8(3)12)11(14-4)7(2)10(6)13/h5,8,13H,12H2,1-4H3. The third-order valence-corrected chi connectivity index (χ3v) is 2.40. The average molecular weight is 195 g/mol. The van der Waals surface area contributed by atoms with Crippen LogP contribution >= 0.6 is 0 Å². The van der Waals surface area contributed by atoms with Gasteiger partial charge < -0.3 is 15.6 Å². The van der Waals surface area contributed by atoms with Crippen molar-refractivity contribution < 1.29 is 9.84 Å². The van der Waals surface area contributed by atoms with Crippen molar-refractivity contribution in [1.29, 1.82) is 0 Å². The second-order valence-corrected chi connectivity index (χ2v) is 3.58. The molecule has 1 rings (SSSR count). The summed E-state index contributed by atoms with van der Waals surface area (Å²) < 4.78 is 5.23. The molecule has 0 saturated carbocycles. The Balaban J connectivity index is 3.43. The molecule has 1 unspecified atom stereocenters. The Morgan fingerprint density at radius 1 is 1.43 bits per heavy atom. The molecule has 0 aliphatic carbocycles. The summed E-state index contributed by atoms with van der Waals surface area (Å²) in [6.07, 6.45) is 0. The third-order valence-electron chi connectivity index (χ3n) is 2.40. The maximum absolute atomic E-state index is 9.70. The molecule has 0 aliphatic heterocycles. The molecule has 1 atom stereocenters. The number of aryl methyl sites for hydroxylation is 1. The Kier molecular flexibility index (Phi) is 3.01. The number of nitrogens with two attached hydrogens (primary N) is 1. The number of methoxy groups -OCH3 is 1. The maximum atomic E-state index is 9.70. The van der Waals surface area contributed by atoms with Gasteiger partial charge in [0.15, 0.2) is 0 Å². The minimum Gasteiger partial charge on any atom is -0.507 e. The lowest BCUT2D eigenvalue weighted by molar-refractivity contribution is 0.394. The molecular weight excluding hydrogens is 178 g/mol. The molecular formula is C11H17NO2. The zero-order valence-electron chi connectivity index (χ0n) is 9.09. The fourth-order valence-electron chi connectivity index (χ4n) is 1.60. The molecule has 78 valence electrons. The first kappa shape index (κ1) is 10.9. The van der Waals surface area contributed by atoms with Crippen LogP contribution in [0.5, 0.6) is 11.5 Å². The van der Waals surface area contributed by atoms with Crippen molar-refractivity contribution in [1.82, 2.24) is 0 Å². The first-order chi connectivity index (χ1) is 6.49. The summed E-state index contributed by atoms with van der Waals surface area (Å²) in [4.78, 5) is 0. The van der Waals surface area contributed by atoms with Crippen molar-refractivity contribution in [3.8, 4) is 11.5 Å². The molecule has 0 heterocycles. The molecule has 3 heteroatoms. The summed E-state index contributed by atoms with van der Waals surface area (Å²) in [7, 11) is 1.59. The topological polar surface area (TPSA) is 55.5 Å². The Morgan fingerprint density at radius 2 is 2.00 bits per heavy atom. The van der Waals surface area contributed by atoms with Gasteiger partial charge in [-0.15, -0.1) is 0 Å². The van der Waals surface area contributed by atoms with Gasteiger partial charge in [-0.2, -0.15) is 0 Å². The Hall–Kier alpha value is -1.22. The van der Waals surface area contributed by atoms with Crippen LogP contribution in [-0.2, 0) is 0 Å². The first-order valence-electron chi connectivity index (χ1n) is 4.61. The molecule has 0 spiro atoms. The monoisotopic (exact) mass is 195 g/mol. The van der Waals surface area contributed by atoms with Crippen LogP contribution in [0.4, 0.5) is 0 Å². The second kappa shape index (κ2) is 3.88. The van der Waals surface area contributed by atoms with Gasteiger partial charge in [0.1, 0.15) is 11.5 Å². The van der Waals surface area contributed by atoms with Crippen molar-refractivity contribution in [2.24, 2.45) is 5.73 Å². The molecule has 3 N–H and O–H groups in total. The van der Waals surface area contributed by atoms with Crippen molar-refractivity contribution >= 4 is 0 Å². The van der Waals surface area contributed by atoms with E-state index in [1.165, 1.54) is 0 Å². The number of aromatic hydroxyl groups is 1. The predicted molar refractivity (Wildman–Crippen MR) is 56.7 cm³/mol. The molecule has 0 amide bonds. The zero-order valence-corrected chi connectivity index (χ0v) is 9.09. The van der Waals surface area contributed by atoms with Crippen LogP contribution in [0.3, 0.4) is 0 Å². The quantitative estimate of drug-likeness (QED) is 0.759. The van der Waals surface area contributed by atoms with Gasteiger partial charge in [-0.05, 0) is 32.4 Å². The number of hydrogen-bond donors (Lipinski definition) is 2. The summed E-state index contributed by atoms with van der Waals surface area (Å²) >= 11 is 0. The molecule has 0 saturated heterocycles. The van der Waals surface area contributed by atoms with E-state index in [-0.39, 0.29) is 11.8 Å². The number of benzene rings is 1. The number of phenols is 1. The molecule has 1 aromatic carbocycles. The van der Waals surface area contributed by atoms with Crippen LogP contribution in [-0.4, -0.2) is 12.2 Å². The molecule has 14 heavy (non-hydrogen) atoms. The van der Waals surface area contributed by atoms with Gasteiger partial charge in [0, 0.05) is 17.2 Å². The van der Waals surface area contributed by atoms with Crippen LogP contribution < -0.4 is 10.5 Å². The van der Waals surface area contributed by atoms with Crippen molar-refractivity contribution in [3.63, 3.8) is 0 Å². The fraction of sp³-hybridized carbons (Fsp3) is 0.455. The lowest BCUT2D eigenvalue weighted by Crippen LogP contribution is -2.08. The summed E-state index contributed by atoms with van der Waals surface area (Å²) in [5, 5.41) is 9.70. The highest BCUT2D eigenvalue weighted by Gasteiger charge is 2.15. The molecule has 0 fully saturated rings. The lowest BCUT2D eigenvalue weighted by atomic mass is 10.00. The van der Waals surface area contributed by atoms with E-state index in [1.807, 2.05) is 26.8 Å². The molecule has 0 aliphatic rings. The molecule has 0 radical (unpaired) electrons. The summed E-state index contributed by atoms with van der Waals surface area (Å²) in [6.45, 7) is 5.58. The number of ether oxygens (including phenoxy) is 1. The molecule has 0 bridgehead atoms. The minimum atomic E-state index is -0.0945. The smallest absolute Gasteiger partial charge is 0.130 e. The molecule has 1 aromatic rings. The SMILES string of the molecule is COc1c(C(C)N)cc(C)c(O)c1C. The summed E-state index contributed by atoms with van der Waals surface area (Å²) in [5.41, 5.74) is 8.33. The van der Waals surface area contributed by atoms with E-state index in [0.29, 0.717) is 5.75 Å². The fourth-order valence-corrected chi connectivity index (χ4v) is 1.60. The summed E-state index contributed by atoms with van der Waals surface area (Å²) in [5.74, 6) is 0.967. The van der Waals surface area contributed by atoms with Crippen LogP contribution in [0.1, 0.15) is 29.7 Å². The predicted octanol–water partition coefficient (Wildman–Crippen LogP) is 2.04. The van der Waals surface area contributed by atoms with Crippen molar-refractivity contribution in [2.75, 3.05) is 7.11 Å². The summed E-state index contributed by atoms with van der Waals surface area (Å²) in [6, 6.07) is 1.77. The van der Waals surface area contributed by atoms with Crippen LogP contribution in [0.25, 0.3) is 0 Å². The van der Waals surface area contributed by atoms with E-state index < -0.39 is 0 Å². The van der Waals surface area contributed by atoms with Gasteiger partial charge in [0.2, 0.25) is 0 Å². The van der Waals surface area contributed by atoms with E-state index in [2.05, 4.69) is 0 Å². The highest BCUT2D eigenvalue weighted by molar-refractivity contribution is 5.53. The largest absolute Gasteiger partial charge is 0.507 e. The van der Waals surface area contributed by atoms with Crippen molar-refractivity contribution in [3.05, 3.63) is 22.8 Å². The minimum absolute atomic E-state index is 0.0945. The van der Waals surface area contributed by atoms with Gasteiger partial charge in [-0.1, -0.05) is 0 Å². The highest BCUT2D eigenvalue weighted by Crippen LogP contribution is 2.35. The van der Waals surface area contributed by atoms with Crippen molar-refractivity contribution in [2.45, 2.75) is 26.8 Å². The zero-order chi connectivity index (χ0) is 10.9. The van der Waals surface area contributed by atoms with E-state index in [9.17, 15) is 5.11 Å². The van der Waals surface area contributed by atoms with Crippen LogP contribution in [0.15, 0.2) is 6.07 Å². The maximum Gasteiger partial charge on any atom is 0.130 e. The van der Waals surface area contributed by atoms with E-state index in [0.717, 1.165) is 16.7 Å².